The maximum atomic E-state index is 12.3. The molecular formula is C16H14ClNOS. The molecule has 102 valence electrons. The summed E-state index contributed by atoms with van der Waals surface area (Å²) in [4.78, 5) is 13.5. The number of amides is 1. The Labute approximate surface area is 127 Å². The second kappa shape index (κ2) is 5.51. The van der Waals surface area contributed by atoms with Gasteiger partial charge in [0.15, 0.2) is 0 Å². The van der Waals surface area contributed by atoms with Gasteiger partial charge in [0.2, 0.25) is 5.91 Å². The first kappa shape index (κ1) is 13.5. The molecular weight excluding hydrogens is 290 g/mol. The predicted octanol–water partition coefficient (Wildman–Crippen LogP) is 4.30. The lowest BCUT2D eigenvalue weighted by atomic mass is 10.1. The molecule has 0 spiro atoms. The fourth-order valence-electron chi connectivity index (χ4n) is 2.24. The first-order valence-electron chi connectivity index (χ1n) is 6.44. The van der Waals surface area contributed by atoms with Gasteiger partial charge in [0.25, 0.3) is 0 Å². The molecule has 1 atom stereocenters. The van der Waals surface area contributed by atoms with Crippen molar-refractivity contribution < 1.29 is 4.79 Å². The summed E-state index contributed by atoms with van der Waals surface area (Å²) >= 11 is 7.48. The Hall–Kier alpha value is -1.45. The lowest BCUT2D eigenvalue weighted by Crippen LogP contribution is -2.24. The van der Waals surface area contributed by atoms with Crippen molar-refractivity contribution >= 4 is 35.0 Å². The van der Waals surface area contributed by atoms with Crippen molar-refractivity contribution in [1.82, 2.24) is 0 Å². The van der Waals surface area contributed by atoms with Gasteiger partial charge in [0.1, 0.15) is 0 Å². The number of fused-ring (bicyclic) bond motifs is 1. The van der Waals surface area contributed by atoms with Gasteiger partial charge in [-0.3, -0.25) is 4.79 Å². The molecule has 1 heterocycles. The van der Waals surface area contributed by atoms with Gasteiger partial charge in [-0.25, -0.2) is 0 Å². The van der Waals surface area contributed by atoms with Crippen molar-refractivity contribution in [2.45, 2.75) is 23.5 Å². The molecule has 3 rings (SSSR count). The van der Waals surface area contributed by atoms with E-state index in [1.807, 2.05) is 12.1 Å². The van der Waals surface area contributed by atoms with Gasteiger partial charge in [0.05, 0.1) is 5.25 Å². The molecule has 2 aromatic carbocycles. The summed E-state index contributed by atoms with van der Waals surface area (Å²) in [5.74, 6) is 0.0474. The van der Waals surface area contributed by atoms with E-state index in [1.54, 1.807) is 23.9 Å². The minimum atomic E-state index is -0.0533. The number of thioether (sulfide) groups is 1. The van der Waals surface area contributed by atoms with Crippen LogP contribution in [0, 0.1) is 6.92 Å². The number of aryl methyl sites for hydroxylation is 1. The molecule has 0 saturated heterocycles. The summed E-state index contributed by atoms with van der Waals surface area (Å²) in [6.45, 7) is 2.07. The molecule has 0 aromatic heterocycles. The van der Waals surface area contributed by atoms with E-state index in [9.17, 15) is 4.79 Å². The van der Waals surface area contributed by atoms with Gasteiger partial charge in [0, 0.05) is 15.6 Å². The highest BCUT2D eigenvalue weighted by Crippen LogP contribution is 2.38. The second-order valence-corrected chi connectivity index (χ2v) is 6.60. The molecule has 2 nitrogen and oxygen atoms in total. The third-order valence-electron chi connectivity index (χ3n) is 3.30. The van der Waals surface area contributed by atoms with E-state index >= 15 is 0 Å². The van der Waals surface area contributed by atoms with Crippen LogP contribution in [0.5, 0.6) is 0 Å². The molecule has 1 amide bonds. The summed E-state index contributed by atoms with van der Waals surface area (Å²) in [5, 5.41) is 3.56. The summed E-state index contributed by atoms with van der Waals surface area (Å²) in [6, 6.07) is 13.5. The fourth-order valence-corrected chi connectivity index (χ4v) is 3.66. The number of carbonyl (C=O) groups excluding carboxylic acids is 1. The minimum Gasteiger partial charge on any atom is -0.325 e. The monoisotopic (exact) mass is 303 g/mol. The zero-order chi connectivity index (χ0) is 14.1. The zero-order valence-electron chi connectivity index (χ0n) is 11.0. The number of halogens is 1. The van der Waals surface area contributed by atoms with Crippen LogP contribution >= 0.6 is 23.4 Å². The van der Waals surface area contributed by atoms with Crippen molar-refractivity contribution in [1.29, 1.82) is 0 Å². The molecule has 2 aromatic rings. The number of hydrogen-bond donors (Lipinski definition) is 1. The van der Waals surface area contributed by atoms with Gasteiger partial charge in [-0.15, -0.1) is 11.8 Å². The third kappa shape index (κ3) is 2.84. The first-order valence-corrected chi connectivity index (χ1v) is 7.70. The molecule has 0 saturated carbocycles. The number of benzene rings is 2. The SMILES string of the molecule is Cc1ccc2c(c1)SC(C(=O)Nc1ccc(Cl)cc1)C2. The summed E-state index contributed by atoms with van der Waals surface area (Å²) in [6.07, 6.45) is 0.791. The van der Waals surface area contributed by atoms with Crippen molar-refractivity contribution in [3.05, 3.63) is 58.6 Å². The van der Waals surface area contributed by atoms with Crippen molar-refractivity contribution in [2.24, 2.45) is 0 Å². The molecule has 0 fully saturated rings. The molecule has 1 aliphatic rings. The second-order valence-electron chi connectivity index (χ2n) is 4.92. The van der Waals surface area contributed by atoms with Crippen LogP contribution in [0.2, 0.25) is 5.02 Å². The third-order valence-corrected chi connectivity index (χ3v) is 4.85. The number of rotatable bonds is 2. The summed E-state index contributed by atoms with van der Waals surface area (Å²) in [7, 11) is 0. The summed E-state index contributed by atoms with van der Waals surface area (Å²) < 4.78 is 0. The molecule has 0 radical (unpaired) electrons. The Morgan fingerprint density at radius 3 is 2.75 bits per heavy atom. The van der Waals surface area contributed by atoms with E-state index in [0.717, 1.165) is 12.1 Å². The van der Waals surface area contributed by atoms with Crippen LogP contribution in [0.1, 0.15) is 11.1 Å². The molecule has 20 heavy (non-hydrogen) atoms. The van der Waals surface area contributed by atoms with Crippen molar-refractivity contribution in [3.63, 3.8) is 0 Å². The number of nitrogens with one attached hydrogen (secondary N) is 1. The molecule has 0 aliphatic carbocycles. The smallest absolute Gasteiger partial charge is 0.238 e. The average molecular weight is 304 g/mol. The van der Waals surface area contributed by atoms with Crippen molar-refractivity contribution in [3.8, 4) is 0 Å². The number of carbonyl (C=O) groups is 1. The summed E-state index contributed by atoms with van der Waals surface area (Å²) in [5.41, 5.74) is 3.28. The minimum absolute atomic E-state index is 0.0474. The molecule has 0 bridgehead atoms. The van der Waals surface area contributed by atoms with Crippen LogP contribution in [0.4, 0.5) is 5.69 Å². The Kier molecular flexibility index (Phi) is 3.72. The molecule has 1 N–H and O–H groups in total. The highest BCUT2D eigenvalue weighted by Gasteiger charge is 2.28. The highest BCUT2D eigenvalue weighted by molar-refractivity contribution is 8.01. The topological polar surface area (TPSA) is 29.1 Å². The van der Waals surface area contributed by atoms with E-state index in [4.69, 9.17) is 11.6 Å². The van der Waals surface area contributed by atoms with Crippen LogP contribution in [-0.2, 0) is 11.2 Å². The largest absolute Gasteiger partial charge is 0.325 e. The Morgan fingerprint density at radius 1 is 1.25 bits per heavy atom. The Balaban J connectivity index is 1.69. The lowest BCUT2D eigenvalue weighted by Gasteiger charge is -2.09. The normalized spacial score (nSPS) is 16.8. The van der Waals surface area contributed by atoms with Gasteiger partial charge < -0.3 is 5.32 Å². The highest BCUT2D eigenvalue weighted by atomic mass is 35.5. The lowest BCUT2D eigenvalue weighted by molar-refractivity contribution is -0.115. The molecule has 1 aliphatic heterocycles. The van der Waals surface area contributed by atoms with Crippen LogP contribution in [-0.4, -0.2) is 11.2 Å². The van der Waals surface area contributed by atoms with E-state index in [-0.39, 0.29) is 11.2 Å². The van der Waals surface area contributed by atoms with E-state index in [1.165, 1.54) is 16.0 Å². The van der Waals surface area contributed by atoms with Crippen LogP contribution in [0.25, 0.3) is 0 Å². The number of anilines is 1. The maximum absolute atomic E-state index is 12.3. The molecule has 4 heteroatoms. The van der Waals surface area contributed by atoms with Crippen LogP contribution in [0.15, 0.2) is 47.4 Å². The van der Waals surface area contributed by atoms with Crippen LogP contribution in [0.3, 0.4) is 0 Å². The quantitative estimate of drug-likeness (QED) is 0.896. The van der Waals surface area contributed by atoms with Crippen LogP contribution < -0.4 is 5.32 Å². The molecule has 1 unspecified atom stereocenters. The number of hydrogen-bond acceptors (Lipinski definition) is 2. The first-order chi connectivity index (χ1) is 9.61. The Bertz CT molecular complexity index is 654. The van der Waals surface area contributed by atoms with Gasteiger partial charge >= 0.3 is 0 Å². The zero-order valence-corrected chi connectivity index (χ0v) is 12.6. The predicted molar refractivity (Wildman–Crippen MR) is 84.6 cm³/mol. The van der Waals surface area contributed by atoms with E-state index in [0.29, 0.717) is 5.02 Å². The van der Waals surface area contributed by atoms with Crippen molar-refractivity contribution in [2.75, 3.05) is 5.32 Å². The van der Waals surface area contributed by atoms with Gasteiger partial charge in [-0.1, -0.05) is 29.3 Å². The van der Waals surface area contributed by atoms with Gasteiger partial charge in [-0.05, 0) is 49.2 Å². The maximum Gasteiger partial charge on any atom is 0.238 e. The standard InChI is InChI=1S/C16H14ClNOS/c1-10-2-3-11-9-15(20-14(11)8-10)16(19)18-13-6-4-12(17)5-7-13/h2-8,15H,9H2,1H3,(H,18,19). The Morgan fingerprint density at radius 2 is 2.00 bits per heavy atom. The average Bonchev–Trinajstić information content (AvgIpc) is 2.84. The van der Waals surface area contributed by atoms with Gasteiger partial charge in [-0.2, -0.15) is 0 Å². The van der Waals surface area contributed by atoms with E-state index in [2.05, 4.69) is 30.4 Å². The van der Waals surface area contributed by atoms with E-state index < -0.39 is 0 Å². The fraction of sp³-hybridized carbons (Fsp3) is 0.188.